The fourth-order valence-electron chi connectivity index (χ4n) is 2.66. The van der Waals surface area contributed by atoms with Crippen molar-refractivity contribution in [3.05, 3.63) is 29.0 Å². The van der Waals surface area contributed by atoms with Crippen LogP contribution in [0.15, 0.2) is 15.1 Å². The van der Waals surface area contributed by atoms with Gasteiger partial charge in [0.05, 0.1) is 6.07 Å². The highest BCUT2D eigenvalue weighted by atomic mass is 16.5. The first-order chi connectivity index (χ1) is 11.2. The zero-order valence-electron chi connectivity index (χ0n) is 14.6. The second-order valence-electron chi connectivity index (χ2n) is 5.71. The Kier molecular flexibility index (Phi) is 6.80. The molecule has 0 aliphatic carbocycles. The molecule has 0 aliphatic rings. The summed E-state index contributed by atoms with van der Waals surface area (Å²) in [4.78, 5) is 0. The summed E-state index contributed by atoms with van der Waals surface area (Å²) in [5.74, 6) is 1.66. The van der Waals surface area contributed by atoms with E-state index in [1.165, 1.54) is 0 Å². The molecule has 2 rings (SSSR count). The van der Waals surface area contributed by atoms with Gasteiger partial charge in [0.25, 0.3) is 0 Å². The van der Waals surface area contributed by atoms with Crippen molar-refractivity contribution in [1.82, 2.24) is 5.16 Å². The van der Waals surface area contributed by atoms with Crippen molar-refractivity contribution in [1.29, 1.82) is 0 Å². The van der Waals surface area contributed by atoms with Gasteiger partial charge in [0.2, 0.25) is 11.5 Å². The van der Waals surface area contributed by atoms with Gasteiger partial charge in [-0.2, -0.15) is 0 Å². The van der Waals surface area contributed by atoms with E-state index in [0.717, 1.165) is 67.3 Å². The van der Waals surface area contributed by atoms with E-state index in [9.17, 15) is 0 Å². The highest BCUT2D eigenvalue weighted by Gasteiger charge is 2.30. The van der Waals surface area contributed by atoms with Crippen LogP contribution in [0.4, 0.5) is 0 Å². The van der Waals surface area contributed by atoms with Crippen LogP contribution in [0.5, 0.6) is 0 Å². The Bertz CT molecular complexity index is 604. The Hall–Kier alpha value is -1.66. The van der Waals surface area contributed by atoms with Gasteiger partial charge in [-0.05, 0) is 19.3 Å². The van der Waals surface area contributed by atoms with Gasteiger partial charge >= 0.3 is 5.69 Å². The van der Waals surface area contributed by atoms with Crippen LogP contribution in [0.3, 0.4) is 0 Å². The number of unbranched alkanes of at least 4 members (excludes halogenated alkanes) is 1. The average Bonchev–Trinajstić information content (AvgIpc) is 3.06. The van der Waals surface area contributed by atoms with Crippen LogP contribution >= 0.6 is 0 Å². The molecule has 6 nitrogen and oxygen atoms in total. The summed E-state index contributed by atoms with van der Waals surface area (Å²) < 4.78 is 23.4. The molecule has 0 spiro atoms. The van der Waals surface area contributed by atoms with Gasteiger partial charge < -0.3 is 14.0 Å². The summed E-state index contributed by atoms with van der Waals surface area (Å²) in [5, 5.41) is 4.19. The van der Waals surface area contributed by atoms with Crippen LogP contribution in [-0.2, 0) is 22.3 Å². The minimum Gasteiger partial charge on any atom is -0.385 e. The maximum Gasteiger partial charge on any atom is 0.323 e. The van der Waals surface area contributed by atoms with Gasteiger partial charge in [-0.15, -0.1) is 0 Å². The Balaban J connectivity index is 2.18. The van der Waals surface area contributed by atoms with E-state index in [1.54, 1.807) is 14.2 Å². The number of ether oxygens (including phenoxy) is 2. The van der Waals surface area contributed by atoms with Gasteiger partial charge in [0.15, 0.2) is 11.5 Å². The summed E-state index contributed by atoms with van der Waals surface area (Å²) >= 11 is 0. The number of aryl methyl sites for hydroxylation is 4. The highest BCUT2D eigenvalue weighted by molar-refractivity contribution is 5.30. The molecule has 0 N–H and O–H groups in total. The standard InChI is InChI=1S/C17H27N2O4/c1-13-12-15(8-5-6-10-20-3)19(23-13)17-14(2)22-18-16(17)9-7-11-21-4/h12H,5-11H2,1-4H3/q+1. The molecule has 0 aliphatic heterocycles. The fraction of sp³-hybridized carbons (Fsp3) is 0.647. The number of rotatable bonds is 10. The zero-order valence-corrected chi connectivity index (χ0v) is 14.6. The van der Waals surface area contributed by atoms with E-state index in [-0.39, 0.29) is 0 Å². The summed E-state index contributed by atoms with van der Waals surface area (Å²) in [6.07, 6.45) is 4.72. The summed E-state index contributed by atoms with van der Waals surface area (Å²) in [6, 6.07) is 2.08. The molecule has 2 aromatic heterocycles. The summed E-state index contributed by atoms with van der Waals surface area (Å²) in [7, 11) is 3.44. The lowest BCUT2D eigenvalue weighted by atomic mass is 10.1. The molecular formula is C17H27N2O4+. The normalized spacial score (nSPS) is 11.3. The van der Waals surface area contributed by atoms with E-state index in [2.05, 4.69) is 11.2 Å². The molecular weight excluding hydrogens is 296 g/mol. The monoisotopic (exact) mass is 323 g/mol. The van der Waals surface area contributed by atoms with Gasteiger partial charge in [-0.1, -0.05) is 5.16 Å². The molecule has 0 radical (unpaired) electrons. The average molecular weight is 323 g/mol. The Labute approximate surface area is 137 Å². The molecule has 0 fully saturated rings. The van der Waals surface area contributed by atoms with Gasteiger partial charge in [0.1, 0.15) is 0 Å². The van der Waals surface area contributed by atoms with Crippen molar-refractivity contribution in [3.63, 3.8) is 0 Å². The highest BCUT2D eigenvalue weighted by Crippen LogP contribution is 2.18. The number of aromatic nitrogens is 2. The molecule has 6 heteroatoms. The minimum absolute atomic E-state index is 0.705. The molecule has 0 amide bonds. The molecule has 128 valence electrons. The Morgan fingerprint density at radius 3 is 2.52 bits per heavy atom. The molecule has 0 bridgehead atoms. The van der Waals surface area contributed by atoms with Crippen LogP contribution in [-0.4, -0.2) is 32.6 Å². The summed E-state index contributed by atoms with van der Waals surface area (Å²) in [5.41, 5.74) is 2.98. The molecule has 2 aromatic rings. The maximum atomic E-state index is 5.90. The largest absolute Gasteiger partial charge is 0.385 e. The molecule has 0 aromatic carbocycles. The van der Waals surface area contributed by atoms with E-state index < -0.39 is 0 Å². The molecule has 0 unspecified atom stereocenters. The first kappa shape index (κ1) is 17.7. The fourth-order valence-corrected chi connectivity index (χ4v) is 2.66. The van der Waals surface area contributed by atoms with Crippen molar-refractivity contribution >= 4 is 0 Å². The van der Waals surface area contributed by atoms with E-state index in [4.69, 9.17) is 18.5 Å². The quantitative estimate of drug-likeness (QED) is 0.497. The van der Waals surface area contributed by atoms with Crippen molar-refractivity contribution < 1.29 is 23.3 Å². The smallest absolute Gasteiger partial charge is 0.323 e. The first-order valence-corrected chi connectivity index (χ1v) is 8.12. The molecule has 0 saturated heterocycles. The Morgan fingerprint density at radius 1 is 1.04 bits per heavy atom. The number of hydrogen-bond acceptors (Lipinski definition) is 5. The lowest BCUT2D eigenvalue weighted by Gasteiger charge is -1.98. The van der Waals surface area contributed by atoms with Crippen molar-refractivity contribution in [2.75, 3.05) is 27.4 Å². The van der Waals surface area contributed by atoms with E-state index in [1.807, 2.05) is 18.6 Å². The lowest BCUT2D eigenvalue weighted by molar-refractivity contribution is -0.791. The maximum absolute atomic E-state index is 5.90. The molecule has 0 atom stereocenters. The minimum atomic E-state index is 0.705. The van der Waals surface area contributed by atoms with E-state index in [0.29, 0.717) is 6.61 Å². The second-order valence-corrected chi connectivity index (χ2v) is 5.71. The Morgan fingerprint density at radius 2 is 1.78 bits per heavy atom. The SMILES string of the molecule is COCCCCc1cc(C)o[n+]1-c1c(CCCOC)noc1C. The van der Waals surface area contributed by atoms with Crippen LogP contribution in [0, 0.1) is 13.8 Å². The number of hydrogen-bond donors (Lipinski definition) is 0. The van der Waals surface area contributed by atoms with Crippen LogP contribution in [0.25, 0.3) is 5.69 Å². The van der Waals surface area contributed by atoms with Gasteiger partial charge in [-0.25, -0.2) is 4.52 Å². The molecule has 2 heterocycles. The third-order valence-electron chi connectivity index (χ3n) is 3.76. The zero-order chi connectivity index (χ0) is 16.7. The third kappa shape index (κ3) is 4.65. The molecule has 0 saturated carbocycles. The molecule has 23 heavy (non-hydrogen) atoms. The van der Waals surface area contributed by atoms with Crippen LogP contribution in [0.2, 0.25) is 0 Å². The summed E-state index contributed by atoms with van der Waals surface area (Å²) in [6.45, 7) is 5.37. The third-order valence-corrected chi connectivity index (χ3v) is 3.76. The predicted molar refractivity (Wildman–Crippen MR) is 84.8 cm³/mol. The predicted octanol–water partition coefficient (Wildman–Crippen LogP) is 2.71. The van der Waals surface area contributed by atoms with Crippen molar-refractivity contribution in [2.24, 2.45) is 0 Å². The second kappa shape index (κ2) is 8.84. The van der Waals surface area contributed by atoms with Crippen LogP contribution in [0.1, 0.15) is 42.2 Å². The van der Waals surface area contributed by atoms with Crippen molar-refractivity contribution in [3.8, 4) is 5.69 Å². The van der Waals surface area contributed by atoms with Gasteiger partial charge in [-0.3, -0.25) is 0 Å². The first-order valence-electron chi connectivity index (χ1n) is 8.12. The topological polar surface area (TPSA) is 61.5 Å². The van der Waals surface area contributed by atoms with Crippen LogP contribution < -0.4 is 4.74 Å². The lowest BCUT2D eigenvalue weighted by Crippen LogP contribution is -2.34. The van der Waals surface area contributed by atoms with Gasteiger partial charge in [0, 0.05) is 58.9 Å². The number of methoxy groups -OCH3 is 2. The number of nitrogens with zero attached hydrogens (tertiary/aromatic N) is 2. The van der Waals surface area contributed by atoms with Crippen molar-refractivity contribution in [2.45, 2.75) is 46.0 Å². The van der Waals surface area contributed by atoms with E-state index >= 15 is 0 Å².